The number of ether oxygens (including phenoxy) is 2. The first kappa shape index (κ1) is 22.2. The van der Waals surface area contributed by atoms with E-state index in [0.717, 1.165) is 6.26 Å². The van der Waals surface area contributed by atoms with Crippen LogP contribution in [-0.2, 0) is 15.6 Å². The lowest BCUT2D eigenvalue weighted by atomic mass is 9.94. The Hall–Kier alpha value is -3.60. The molecule has 0 spiro atoms. The first-order valence-corrected chi connectivity index (χ1v) is 12.3. The van der Waals surface area contributed by atoms with E-state index >= 15 is 4.39 Å². The van der Waals surface area contributed by atoms with E-state index in [-0.39, 0.29) is 5.69 Å². The Balaban J connectivity index is 1.90. The van der Waals surface area contributed by atoms with Crippen molar-refractivity contribution >= 4 is 26.6 Å². The number of methoxy groups -OCH3 is 2. The maximum atomic E-state index is 15.7. The second kappa shape index (κ2) is 7.20. The molecule has 9 nitrogen and oxygen atoms in total. The van der Waals surface area contributed by atoms with Gasteiger partial charge in [-0.05, 0) is 44.5 Å². The number of benzene rings is 2. The van der Waals surface area contributed by atoms with Crippen molar-refractivity contribution in [2.75, 3.05) is 25.8 Å². The van der Waals surface area contributed by atoms with Gasteiger partial charge in [0.1, 0.15) is 23.1 Å². The molecule has 34 heavy (non-hydrogen) atoms. The van der Waals surface area contributed by atoms with E-state index in [0.29, 0.717) is 50.9 Å². The fourth-order valence-electron chi connectivity index (χ4n) is 4.58. The first-order valence-electron chi connectivity index (χ1n) is 10.5. The summed E-state index contributed by atoms with van der Waals surface area (Å²) in [7, 11) is -0.577. The number of hydrogen-bond acceptors (Lipinski definition) is 7. The van der Waals surface area contributed by atoms with Crippen LogP contribution in [-0.4, -0.2) is 47.6 Å². The van der Waals surface area contributed by atoms with Crippen LogP contribution in [0.2, 0.25) is 0 Å². The highest BCUT2D eigenvalue weighted by Gasteiger charge is 2.38. The average Bonchev–Trinajstić information content (AvgIpc) is 3.37. The monoisotopic (exact) mass is 485 g/mol. The SMILES string of the molecule is COc1cc(-c2cc(F)c3c(c2OC)-n2c(C)nnc2C(C)(C)N3)c2ccn(S(C)(=O)=O)c2c1. The van der Waals surface area contributed by atoms with Crippen LogP contribution in [0.3, 0.4) is 0 Å². The van der Waals surface area contributed by atoms with Gasteiger partial charge in [0.25, 0.3) is 0 Å². The quantitative estimate of drug-likeness (QED) is 0.469. The van der Waals surface area contributed by atoms with Crippen LogP contribution in [0.25, 0.3) is 27.7 Å². The lowest BCUT2D eigenvalue weighted by molar-refractivity contribution is 0.409. The van der Waals surface area contributed by atoms with E-state index in [4.69, 9.17) is 9.47 Å². The van der Waals surface area contributed by atoms with Gasteiger partial charge in [0, 0.05) is 23.2 Å². The minimum atomic E-state index is -3.57. The number of halogens is 1. The smallest absolute Gasteiger partial charge is 0.236 e. The molecule has 0 amide bonds. The van der Waals surface area contributed by atoms with Crippen molar-refractivity contribution in [3.8, 4) is 28.3 Å². The van der Waals surface area contributed by atoms with Gasteiger partial charge in [-0.3, -0.25) is 4.57 Å². The number of nitrogens with zero attached hydrogens (tertiary/aromatic N) is 4. The van der Waals surface area contributed by atoms with Crippen LogP contribution in [0.5, 0.6) is 11.5 Å². The van der Waals surface area contributed by atoms with E-state index in [1.165, 1.54) is 30.5 Å². The normalized spacial score (nSPS) is 14.4. The number of aryl methyl sites for hydroxylation is 1. The first-order chi connectivity index (χ1) is 16.0. The molecule has 0 saturated heterocycles. The number of aromatic nitrogens is 4. The summed E-state index contributed by atoms with van der Waals surface area (Å²) in [5.74, 6) is 1.53. The van der Waals surface area contributed by atoms with Gasteiger partial charge in [0.15, 0.2) is 11.6 Å². The zero-order valence-corrected chi connectivity index (χ0v) is 20.4. The van der Waals surface area contributed by atoms with Crippen molar-refractivity contribution in [3.63, 3.8) is 0 Å². The number of anilines is 1. The number of nitrogens with one attached hydrogen (secondary N) is 1. The predicted molar refractivity (Wildman–Crippen MR) is 127 cm³/mol. The molecule has 0 aliphatic carbocycles. The van der Waals surface area contributed by atoms with Crippen molar-refractivity contribution in [2.24, 2.45) is 0 Å². The van der Waals surface area contributed by atoms with E-state index < -0.39 is 21.4 Å². The Morgan fingerprint density at radius 2 is 1.82 bits per heavy atom. The Kier molecular flexibility index (Phi) is 4.70. The Morgan fingerprint density at radius 1 is 1.09 bits per heavy atom. The molecule has 2 aromatic carbocycles. The third kappa shape index (κ3) is 3.07. The molecule has 5 rings (SSSR count). The molecular formula is C23H24FN5O4S. The number of fused-ring (bicyclic) bond motifs is 4. The predicted octanol–water partition coefficient (Wildman–Crippen LogP) is 3.82. The van der Waals surface area contributed by atoms with Gasteiger partial charge >= 0.3 is 0 Å². The molecule has 3 heterocycles. The summed E-state index contributed by atoms with van der Waals surface area (Å²) in [6.07, 6.45) is 2.59. The molecule has 1 aliphatic heterocycles. The fourth-order valence-corrected chi connectivity index (χ4v) is 5.37. The highest BCUT2D eigenvalue weighted by atomic mass is 32.2. The summed E-state index contributed by atoms with van der Waals surface area (Å²) in [6.45, 7) is 5.59. The van der Waals surface area contributed by atoms with Crippen LogP contribution in [0.15, 0.2) is 30.5 Å². The molecule has 0 fully saturated rings. The molecule has 0 bridgehead atoms. The summed E-state index contributed by atoms with van der Waals surface area (Å²) >= 11 is 0. The minimum Gasteiger partial charge on any atom is -0.497 e. The number of hydrogen-bond donors (Lipinski definition) is 1. The fraction of sp³-hybridized carbons (Fsp3) is 0.304. The van der Waals surface area contributed by atoms with Gasteiger partial charge in [-0.15, -0.1) is 10.2 Å². The van der Waals surface area contributed by atoms with E-state index in [9.17, 15) is 8.42 Å². The highest BCUT2D eigenvalue weighted by Crippen LogP contribution is 2.49. The topological polar surface area (TPSA) is 100 Å². The highest BCUT2D eigenvalue weighted by molar-refractivity contribution is 7.89. The van der Waals surface area contributed by atoms with Gasteiger partial charge in [0.05, 0.1) is 37.2 Å². The summed E-state index contributed by atoms with van der Waals surface area (Å²) in [6, 6.07) is 6.43. The molecule has 1 aliphatic rings. The summed E-state index contributed by atoms with van der Waals surface area (Å²) in [4.78, 5) is 0. The molecule has 178 valence electrons. The molecule has 0 radical (unpaired) electrons. The van der Waals surface area contributed by atoms with Crippen LogP contribution in [0.1, 0.15) is 25.5 Å². The molecule has 4 aromatic rings. The zero-order valence-electron chi connectivity index (χ0n) is 19.6. The maximum Gasteiger partial charge on any atom is 0.236 e. The van der Waals surface area contributed by atoms with Gasteiger partial charge in [-0.2, -0.15) is 0 Å². The lowest BCUT2D eigenvalue weighted by Crippen LogP contribution is -2.36. The van der Waals surface area contributed by atoms with Crippen LogP contribution in [0, 0.1) is 12.7 Å². The molecule has 2 aromatic heterocycles. The molecule has 11 heteroatoms. The van der Waals surface area contributed by atoms with Crippen molar-refractivity contribution < 1.29 is 22.3 Å². The molecular weight excluding hydrogens is 461 g/mol. The third-order valence-electron chi connectivity index (χ3n) is 6.08. The van der Waals surface area contributed by atoms with Gasteiger partial charge in [0.2, 0.25) is 10.0 Å². The second-order valence-electron chi connectivity index (χ2n) is 8.80. The van der Waals surface area contributed by atoms with Crippen molar-refractivity contribution in [1.82, 2.24) is 18.7 Å². The van der Waals surface area contributed by atoms with Crippen LogP contribution in [0.4, 0.5) is 10.1 Å². The van der Waals surface area contributed by atoms with Gasteiger partial charge in [-0.1, -0.05) is 0 Å². The van der Waals surface area contributed by atoms with Crippen LogP contribution < -0.4 is 14.8 Å². The molecule has 0 saturated carbocycles. The van der Waals surface area contributed by atoms with Crippen molar-refractivity contribution in [1.29, 1.82) is 0 Å². The molecule has 0 atom stereocenters. The van der Waals surface area contributed by atoms with E-state index in [1.807, 2.05) is 13.8 Å². The minimum absolute atomic E-state index is 0.272. The second-order valence-corrected chi connectivity index (χ2v) is 10.7. The number of rotatable bonds is 4. The van der Waals surface area contributed by atoms with Crippen molar-refractivity contribution in [3.05, 3.63) is 47.9 Å². The summed E-state index contributed by atoms with van der Waals surface area (Å²) in [5, 5.41) is 12.3. The Labute approximate surface area is 196 Å². The van der Waals surface area contributed by atoms with Crippen molar-refractivity contribution in [2.45, 2.75) is 26.3 Å². The van der Waals surface area contributed by atoms with E-state index in [2.05, 4.69) is 15.5 Å². The third-order valence-corrected chi connectivity index (χ3v) is 7.12. The lowest BCUT2D eigenvalue weighted by Gasteiger charge is -2.35. The van der Waals surface area contributed by atoms with Gasteiger partial charge in [-0.25, -0.2) is 16.8 Å². The van der Waals surface area contributed by atoms with Crippen LogP contribution >= 0.6 is 0 Å². The largest absolute Gasteiger partial charge is 0.497 e. The van der Waals surface area contributed by atoms with E-state index in [1.54, 1.807) is 29.7 Å². The zero-order chi connectivity index (χ0) is 24.6. The Morgan fingerprint density at radius 3 is 2.47 bits per heavy atom. The summed E-state index contributed by atoms with van der Waals surface area (Å²) < 4.78 is 54.6. The summed E-state index contributed by atoms with van der Waals surface area (Å²) in [5.41, 5.74) is 1.47. The standard InChI is InChI=1S/C23H24FN5O4S/c1-12-26-27-22-23(2,3)25-19-17(24)11-16(21(33-5)20(19)29(12)22)15-9-13(32-4)10-18-14(15)7-8-28(18)34(6,30)31/h7-11,25H,1-6H3. The average molecular weight is 486 g/mol. The Bertz CT molecular complexity index is 1590. The van der Waals surface area contributed by atoms with Gasteiger partial charge < -0.3 is 14.8 Å². The molecule has 1 N–H and O–H groups in total. The maximum absolute atomic E-state index is 15.7. The molecule has 0 unspecified atom stereocenters.